The van der Waals surface area contributed by atoms with Crippen LogP contribution in [0.15, 0.2) is 29.4 Å². The number of nitrogens with one attached hydrogen (secondary N) is 1. The van der Waals surface area contributed by atoms with Crippen LogP contribution in [0.25, 0.3) is 0 Å². The molecule has 1 aromatic rings. The zero-order valence-electron chi connectivity index (χ0n) is 8.41. The molecule has 0 spiro atoms. The molecule has 2 rings (SSSR count). The van der Waals surface area contributed by atoms with Gasteiger partial charge in [-0.25, -0.2) is 10.2 Å². The Morgan fingerprint density at radius 3 is 2.71 bits per heavy atom. The molecule has 0 fully saturated rings. The Kier molecular flexibility index (Phi) is 2.74. The smallest absolute Gasteiger partial charge is 0.428 e. The Hall–Kier alpha value is -2.05. The van der Waals surface area contributed by atoms with Gasteiger partial charge in [-0.05, 0) is 12.1 Å². The number of cyclic esters (lactones) is 1. The second kappa shape index (κ2) is 4.08. The first-order chi connectivity index (χ1) is 7.97. The third kappa shape index (κ3) is 2.55. The van der Waals surface area contributed by atoms with Gasteiger partial charge in [0.25, 0.3) is 0 Å². The number of ether oxygens (including phenoxy) is 1. The van der Waals surface area contributed by atoms with E-state index < -0.39 is 17.8 Å². The van der Waals surface area contributed by atoms with Crippen LogP contribution in [0.4, 0.5) is 18.0 Å². The van der Waals surface area contributed by atoms with Gasteiger partial charge in [0.05, 0.1) is 5.56 Å². The lowest BCUT2D eigenvalue weighted by Crippen LogP contribution is -2.30. The molecular weight excluding hydrogens is 237 g/mol. The van der Waals surface area contributed by atoms with E-state index in [0.717, 1.165) is 12.1 Å². The Labute approximate surface area is 94.1 Å². The van der Waals surface area contributed by atoms with Crippen LogP contribution in [0, 0.1) is 0 Å². The van der Waals surface area contributed by atoms with Gasteiger partial charge in [0.2, 0.25) is 0 Å². The summed E-state index contributed by atoms with van der Waals surface area (Å²) in [6, 6.07) is 4.66. The van der Waals surface area contributed by atoms with E-state index in [4.69, 9.17) is 0 Å². The van der Waals surface area contributed by atoms with E-state index in [0.29, 0.717) is 0 Å². The molecule has 0 radical (unpaired) electrons. The first-order valence-corrected chi connectivity index (χ1v) is 4.64. The van der Waals surface area contributed by atoms with Crippen molar-refractivity contribution >= 4 is 11.8 Å². The Morgan fingerprint density at radius 1 is 1.35 bits per heavy atom. The number of nitrogens with zero attached hydrogens (tertiary/aromatic N) is 1. The zero-order chi connectivity index (χ0) is 12.5. The van der Waals surface area contributed by atoms with Gasteiger partial charge in [0, 0.05) is 5.56 Å². The maximum Gasteiger partial charge on any atom is 0.428 e. The molecule has 1 amide bonds. The normalized spacial score (nSPS) is 15.9. The molecule has 7 heteroatoms. The van der Waals surface area contributed by atoms with Crippen molar-refractivity contribution in [3.8, 4) is 0 Å². The molecule has 0 aromatic heterocycles. The second-order valence-corrected chi connectivity index (χ2v) is 3.32. The zero-order valence-corrected chi connectivity index (χ0v) is 8.41. The summed E-state index contributed by atoms with van der Waals surface area (Å²) < 4.78 is 42.0. The van der Waals surface area contributed by atoms with Crippen LogP contribution in [-0.2, 0) is 10.9 Å². The highest BCUT2D eigenvalue weighted by atomic mass is 19.4. The molecule has 90 valence electrons. The highest BCUT2D eigenvalue weighted by Crippen LogP contribution is 2.29. The van der Waals surface area contributed by atoms with Crippen molar-refractivity contribution in [2.45, 2.75) is 6.18 Å². The van der Waals surface area contributed by atoms with Gasteiger partial charge in [-0.3, -0.25) is 0 Å². The molecule has 0 saturated carbocycles. The molecule has 0 aliphatic carbocycles. The Balaban J connectivity index is 2.31. The lowest BCUT2D eigenvalue weighted by molar-refractivity contribution is -0.137. The molecule has 0 bridgehead atoms. The average Bonchev–Trinajstić information content (AvgIpc) is 2.29. The van der Waals surface area contributed by atoms with Crippen molar-refractivity contribution < 1.29 is 22.7 Å². The number of carbonyl (C=O) groups excluding carboxylic acids is 1. The highest BCUT2D eigenvalue weighted by molar-refractivity contribution is 6.03. The molecule has 0 atom stereocenters. The fraction of sp³-hybridized carbons (Fsp3) is 0.200. The van der Waals surface area contributed by atoms with Crippen molar-refractivity contribution in [3.63, 3.8) is 0 Å². The minimum Gasteiger partial charge on any atom is -0.442 e. The van der Waals surface area contributed by atoms with E-state index in [9.17, 15) is 18.0 Å². The summed E-state index contributed by atoms with van der Waals surface area (Å²) in [5.74, 6) is 0. The predicted molar refractivity (Wildman–Crippen MR) is 52.5 cm³/mol. The van der Waals surface area contributed by atoms with E-state index in [-0.39, 0.29) is 17.9 Å². The van der Waals surface area contributed by atoms with Crippen LogP contribution in [0.1, 0.15) is 11.1 Å². The standard InChI is InChI=1S/C10H7F3N2O2/c11-10(12,13)7-3-1-2-6(4-7)8-5-17-9(16)15-14-8/h1-4H,5H2,(H,15,16). The van der Waals surface area contributed by atoms with Crippen LogP contribution in [0.5, 0.6) is 0 Å². The number of benzene rings is 1. The summed E-state index contributed by atoms with van der Waals surface area (Å²) in [4.78, 5) is 10.6. The molecule has 1 aliphatic rings. The largest absolute Gasteiger partial charge is 0.442 e. The number of carbonyl (C=O) groups is 1. The van der Waals surface area contributed by atoms with Crippen molar-refractivity contribution in [2.75, 3.05) is 6.61 Å². The van der Waals surface area contributed by atoms with E-state index in [2.05, 4.69) is 9.84 Å². The summed E-state index contributed by atoms with van der Waals surface area (Å²) >= 11 is 0. The van der Waals surface area contributed by atoms with Gasteiger partial charge >= 0.3 is 12.3 Å². The minimum atomic E-state index is -4.41. The lowest BCUT2D eigenvalue weighted by atomic mass is 10.1. The maximum absolute atomic E-state index is 12.5. The lowest BCUT2D eigenvalue weighted by Gasteiger charge is -2.14. The van der Waals surface area contributed by atoms with Crippen LogP contribution in [0.3, 0.4) is 0 Å². The van der Waals surface area contributed by atoms with E-state index in [1.807, 2.05) is 5.43 Å². The van der Waals surface area contributed by atoms with Crippen LogP contribution < -0.4 is 5.43 Å². The van der Waals surface area contributed by atoms with Gasteiger partial charge in [0.1, 0.15) is 12.3 Å². The van der Waals surface area contributed by atoms with Crippen LogP contribution in [0.2, 0.25) is 0 Å². The van der Waals surface area contributed by atoms with E-state index in [1.54, 1.807) is 0 Å². The first-order valence-electron chi connectivity index (χ1n) is 4.64. The Bertz CT molecular complexity index is 483. The fourth-order valence-corrected chi connectivity index (χ4v) is 1.33. The SMILES string of the molecule is O=C1NN=C(c2cccc(C(F)(F)F)c2)CO1. The van der Waals surface area contributed by atoms with E-state index in [1.165, 1.54) is 12.1 Å². The van der Waals surface area contributed by atoms with Gasteiger partial charge in [-0.1, -0.05) is 12.1 Å². The number of amides is 1. The minimum absolute atomic E-state index is 0.146. The molecule has 0 unspecified atom stereocenters. The number of rotatable bonds is 1. The number of hydrogen-bond donors (Lipinski definition) is 1. The molecule has 1 heterocycles. The van der Waals surface area contributed by atoms with Crippen LogP contribution >= 0.6 is 0 Å². The first kappa shape index (κ1) is 11.4. The molecule has 1 N–H and O–H groups in total. The molecule has 4 nitrogen and oxygen atoms in total. The maximum atomic E-state index is 12.5. The van der Waals surface area contributed by atoms with Gasteiger partial charge in [0.15, 0.2) is 0 Å². The molecule has 17 heavy (non-hydrogen) atoms. The monoisotopic (exact) mass is 244 g/mol. The molecular formula is C10H7F3N2O2. The number of halogens is 3. The highest BCUT2D eigenvalue weighted by Gasteiger charge is 2.30. The second-order valence-electron chi connectivity index (χ2n) is 3.32. The van der Waals surface area contributed by atoms with Gasteiger partial charge in [-0.2, -0.15) is 18.3 Å². The van der Waals surface area contributed by atoms with Gasteiger partial charge in [-0.15, -0.1) is 0 Å². The van der Waals surface area contributed by atoms with Crippen molar-refractivity contribution in [2.24, 2.45) is 5.10 Å². The van der Waals surface area contributed by atoms with Crippen molar-refractivity contribution in [1.82, 2.24) is 5.43 Å². The number of alkyl halides is 3. The van der Waals surface area contributed by atoms with Crippen molar-refractivity contribution in [3.05, 3.63) is 35.4 Å². The van der Waals surface area contributed by atoms with Crippen LogP contribution in [-0.4, -0.2) is 18.4 Å². The topological polar surface area (TPSA) is 50.7 Å². The summed E-state index contributed by atoms with van der Waals surface area (Å²) in [6.07, 6.45) is -5.13. The summed E-state index contributed by atoms with van der Waals surface area (Å²) in [5.41, 5.74) is 1.78. The number of hydrazone groups is 1. The summed E-state index contributed by atoms with van der Waals surface area (Å²) in [7, 11) is 0. The van der Waals surface area contributed by atoms with Crippen molar-refractivity contribution in [1.29, 1.82) is 0 Å². The number of hydrogen-bond acceptors (Lipinski definition) is 3. The average molecular weight is 244 g/mol. The quantitative estimate of drug-likeness (QED) is 0.822. The summed E-state index contributed by atoms with van der Waals surface area (Å²) in [6.45, 7) is -0.146. The third-order valence-corrected chi connectivity index (χ3v) is 2.15. The fourth-order valence-electron chi connectivity index (χ4n) is 1.33. The van der Waals surface area contributed by atoms with Gasteiger partial charge < -0.3 is 4.74 Å². The molecule has 1 aromatic carbocycles. The predicted octanol–water partition coefficient (Wildman–Crippen LogP) is 2.15. The molecule has 1 aliphatic heterocycles. The Morgan fingerprint density at radius 2 is 2.12 bits per heavy atom. The van der Waals surface area contributed by atoms with E-state index >= 15 is 0 Å². The summed E-state index contributed by atoms with van der Waals surface area (Å²) in [5, 5.41) is 3.63. The molecule has 0 saturated heterocycles. The third-order valence-electron chi connectivity index (χ3n) is 2.15.